The molecule has 0 saturated carbocycles. The minimum absolute atomic E-state index is 0.0709. The number of aromatic nitrogens is 3. The van der Waals surface area contributed by atoms with Crippen molar-refractivity contribution in [2.45, 2.75) is 30.0 Å². The molecule has 1 aliphatic heterocycles. The fourth-order valence-corrected chi connectivity index (χ4v) is 4.94. The molecule has 31 heavy (non-hydrogen) atoms. The number of anilines is 1. The molecule has 1 fully saturated rings. The van der Waals surface area contributed by atoms with Crippen molar-refractivity contribution in [1.82, 2.24) is 19.5 Å². The predicted molar refractivity (Wildman–Crippen MR) is 109 cm³/mol. The van der Waals surface area contributed by atoms with Crippen LogP contribution in [-0.2, 0) is 16.2 Å². The first-order chi connectivity index (χ1) is 14.7. The maximum absolute atomic E-state index is 12.9. The van der Waals surface area contributed by atoms with Crippen molar-refractivity contribution in [2.24, 2.45) is 0 Å². The average Bonchev–Trinajstić information content (AvgIpc) is 3.29. The number of H-pyrrole nitrogens is 1. The first kappa shape index (κ1) is 21.3. The highest BCUT2D eigenvalue weighted by Gasteiger charge is 2.31. The van der Waals surface area contributed by atoms with Crippen LogP contribution < -0.4 is 5.32 Å². The van der Waals surface area contributed by atoms with Crippen molar-refractivity contribution in [3.8, 4) is 11.3 Å². The van der Waals surface area contributed by atoms with Crippen molar-refractivity contribution in [3.63, 3.8) is 0 Å². The maximum Gasteiger partial charge on any atom is 0.417 e. The Kier molecular flexibility index (Phi) is 5.71. The van der Waals surface area contributed by atoms with Crippen LogP contribution in [0.3, 0.4) is 0 Å². The zero-order valence-electron chi connectivity index (χ0n) is 16.3. The largest absolute Gasteiger partial charge is 0.417 e. The lowest BCUT2D eigenvalue weighted by Gasteiger charge is -2.32. The number of sulfonamides is 1. The standard InChI is InChI=1S/C20H20F3N5O2S/c21-20(22,23)15-3-6-19(24-13-15)26-16-8-11-28(12-9-16)31(29,30)17-4-1-14(2-5-17)18-7-10-25-27-18/h1-7,10,13,16H,8-9,11-12H2,(H,24,26)(H,25,27). The summed E-state index contributed by atoms with van der Waals surface area (Å²) in [4.78, 5) is 4.03. The Balaban J connectivity index is 1.36. The van der Waals surface area contributed by atoms with Crippen molar-refractivity contribution < 1.29 is 21.6 Å². The van der Waals surface area contributed by atoms with Gasteiger partial charge in [-0.3, -0.25) is 5.10 Å². The molecular weight excluding hydrogens is 431 g/mol. The molecule has 1 saturated heterocycles. The van der Waals surface area contributed by atoms with Gasteiger partial charge < -0.3 is 5.32 Å². The third kappa shape index (κ3) is 4.72. The Morgan fingerprint density at radius 1 is 1.03 bits per heavy atom. The van der Waals surface area contributed by atoms with Gasteiger partial charge in [0, 0.05) is 31.5 Å². The summed E-state index contributed by atoms with van der Waals surface area (Å²) in [7, 11) is -3.63. The average molecular weight is 451 g/mol. The Labute approximate surface area is 177 Å². The molecule has 1 aromatic carbocycles. The molecule has 7 nitrogen and oxygen atoms in total. The number of rotatable bonds is 5. The highest BCUT2D eigenvalue weighted by atomic mass is 32.2. The molecule has 0 atom stereocenters. The fourth-order valence-electron chi connectivity index (χ4n) is 3.47. The highest BCUT2D eigenvalue weighted by Crippen LogP contribution is 2.29. The number of hydrogen-bond donors (Lipinski definition) is 2. The minimum atomic E-state index is -4.43. The lowest BCUT2D eigenvalue weighted by molar-refractivity contribution is -0.137. The van der Waals surface area contributed by atoms with Gasteiger partial charge in [0.25, 0.3) is 0 Å². The summed E-state index contributed by atoms with van der Waals surface area (Å²) >= 11 is 0. The van der Waals surface area contributed by atoms with E-state index in [1.807, 2.05) is 0 Å². The molecule has 1 aliphatic rings. The molecule has 3 aromatic rings. The van der Waals surface area contributed by atoms with Gasteiger partial charge in [-0.15, -0.1) is 0 Å². The predicted octanol–water partition coefficient (Wildman–Crippen LogP) is 3.76. The molecule has 11 heteroatoms. The van der Waals surface area contributed by atoms with Gasteiger partial charge >= 0.3 is 6.18 Å². The summed E-state index contributed by atoms with van der Waals surface area (Å²) in [5.41, 5.74) is 0.827. The van der Waals surface area contributed by atoms with Crippen molar-refractivity contribution in [2.75, 3.05) is 18.4 Å². The molecule has 0 unspecified atom stereocenters. The van der Waals surface area contributed by atoms with E-state index in [1.165, 1.54) is 10.4 Å². The van der Waals surface area contributed by atoms with Gasteiger partial charge in [-0.1, -0.05) is 12.1 Å². The molecule has 164 valence electrons. The number of aromatic amines is 1. The zero-order valence-corrected chi connectivity index (χ0v) is 17.1. The third-order valence-electron chi connectivity index (χ3n) is 5.20. The summed E-state index contributed by atoms with van der Waals surface area (Å²) in [5, 5.41) is 9.80. The number of pyridine rings is 1. The monoisotopic (exact) mass is 451 g/mol. The second-order valence-corrected chi connectivity index (χ2v) is 9.19. The summed E-state index contributed by atoms with van der Waals surface area (Å²) < 4.78 is 65.2. The van der Waals surface area contributed by atoms with Gasteiger partial charge in [-0.05, 0) is 48.7 Å². The molecule has 2 N–H and O–H groups in total. The SMILES string of the molecule is O=S(=O)(c1ccc(-c2ccn[nH]2)cc1)N1CCC(Nc2ccc(C(F)(F)F)cn2)CC1. The Hall–Kier alpha value is -2.92. The Bertz CT molecular complexity index is 1110. The fraction of sp³-hybridized carbons (Fsp3) is 0.300. The number of alkyl halides is 3. The number of nitrogens with zero attached hydrogens (tertiary/aromatic N) is 3. The molecule has 4 rings (SSSR count). The number of benzene rings is 1. The van der Waals surface area contributed by atoms with E-state index in [0.717, 1.165) is 23.5 Å². The van der Waals surface area contributed by atoms with E-state index in [2.05, 4.69) is 20.5 Å². The molecule has 0 bridgehead atoms. The van der Waals surface area contributed by atoms with Crippen LogP contribution in [0.5, 0.6) is 0 Å². The topological polar surface area (TPSA) is 91.0 Å². The first-order valence-electron chi connectivity index (χ1n) is 9.63. The van der Waals surface area contributed by atoms with E-state index in [-0.39, 0.29) is 10.9 Å². The lowest BCUT2D eigenvalue weighted by atomic mass is 10.1. The van der Waals surface area contributed by atoms with Gasteiger partial charge in [-0.2, -0.15) is 22.6 Å². The normalized spacial score (nSPS) is 16.4. The lowest BCUT2D eigenvalue weighted by Crippen LogP contribution is -2.42. The second-order valence-electron chi connectivity index (χ2n) is 7.25. The van der Waals surface area contributed by atoms with Crippen LogP contribution in [0.4, 0.5) is 19.0 Å². The number of piperidine rings is 1. The molecular formula is C20H20F3N5O2S. The second kappa shape index (κ2) is 8.31. The van der Waals surface area contributed by atoms with E-state index in [0.29, 0.717) is 31.7 Å². The quantitative estimate of drug-likeness (QED) is 0.617. The van der Waals surface area contributed by atoms with Crippen LogP contribution in [0.2, 0.25) is 0 Å². The van der Waals surface area contributed by atoms with Crippen LogP contribution in [-0.4, -0.2) is 47.0 Å². The van der Waals surface area contributed by atoms with Crippen LogP contribution >= 0.6 is 0 Å². The third-order valence-corrected chi connectivity index (χ3v) is 7.11. The van der Waals surface area contributed by atoms with Gasteiger partial charge in [0.05, 0.1) is 16.2 Å². The zero-order chi connectivity index (χ0) is 22.1. The summed E-state index contributed by atoms with van der Waals surface area (Å²) in [6, 6.07) is 10.6. The number of nitrogens with one attached hydrogen (secondary N) is 2. The Morgan fingerprint density at radius 2 is 1.74 bits per heavy atom. The minimum Gasteiger partial charge on any atom is -0.367 e. The molecule has 0 radical (unpaired) electrons. The Morgan fingerprint density at radius 3 is 2.29 bits per heavy atom. The smallest absolute Gasteiger partial charge is 0.367 e. The van der Waals surface area contributed by atoms with Crippen LogP contribution in [0.25, 0.3) is 11.3 Å². The summed E-state index contributed by atoms with van der Waals surface area (Å²) in [6.45, 7) is 0.617. The van der Waals surface area contributed by atoms with Crippen LogP contribution in [0, 0.1) is 0 Å². The number of hydrogen-bond acceptors (Lipinski definition) is 5. The van der Waals surface area contributed by atoms with E-state index < -0.39 is 21.8 Å². The highest BCUT2D eigenvalue weighted by molar-refractivity contribution is 7.89. The van der Waals surface area contributed by atoms with Crippen molar-refractivity contribution in [3.05, 3.63) is 60.4 Å². The van der Waals surface area contributed by atoms with Gasteiger partial charge in [0.15, 0.2) is 0 Å². The first-order valence-corrected chi connectivity index (χ1v) is 11.1. The van der Waals surface area contributed by atoms with E-state index in [1.54, 1.807) is 36.5 Å². The van der Waals surface area contributed by atoms with Crippen LogP contribution in [0.1, 0.15) is 18.4 Å². The van der Waals surface area contributed by atoms with Gasteiger partial charge in [0.1, 0.15) is 5.82 Å². The van der Waals surface area contributed by atoms with Gasteiger partial charge in [-0.25, -0.2) is 13.4 Å². The number of halogens is 3. The molecule has 0 amide bonds. The van der Waals surface area contributed by atoms with Crippen molar-refractivity contribution in [1.29, 1.82) is 0 Å². The molecule has 0 spiro atoms. The van der Waals surface area contributed by atoms with E-state index >= 15 is 0 Å². The van der Waals surface area contributed by atoms with Crippen molar-refractivity contribution >= 4 is 15.8 Å². The summed E-state index contributed by atoms with van der Waals surface area (Å²) in [6.07, 6.45) is -0.975. The van der Waals surface area contributed by atoms with Crippen LogP contribution in [0.15, 0.2) is 59.8 Å². The van der Waals surface area contributed by atoms with E-state index in [9.17, 15) is 21.6 Å². The molecule has 3 heterocycles. The molecule has 0 aliphatic carbocycles. The molecule has 2 aromatic heterocycles. The van der Waals surface area contributed by atoms with Gasteiger partial charge in [0.2, 0.25) is 10.0 Å². The summed E-state index contributed by atoms with van der Waals surface area (Å²) in [5.74, 6) is 0.337. The maximum atomic E-state index is 12.9. The van der Waals surface area contributed by atoms with E-state index in [4.69, 9.17) is 0 Å².